The quantitative estimate of drug-likeness (QED) is 0.357. The number of carbonyl (C=O) groups excluding carboxylic acids is 1. The van der Waals surface area contributed by atoms with Crippen LogP contribution in [0.3, 0.4) is 0 Å². The third-order valence-electron chi connectivity index (χ3n) is 1.46. The summed E-state index contributed by atoms with van der Waals surface area (Å²) in [5.74, 6) is -0.364. The van der Waals surface area contributed by atoms with Gasteiger partial charge in [0.25, 0.3) is 0 Å². The fourth-order valence-corrected chi connectivity index (χ4v) is 0.799. The van der Waals surface area contributed by atoms with Gasteiger partial charge in [-0.2, -0.15) is 0 Å². The van der Waals surface area contributed by atoms with Crippen molar-refractivity contribution >= 4 is 5.97 Å². The van der Waals surface area contributed by atoms with E-state index >= 15 is 0 Å². The summed E-state index contributed by atoms with van der Waals surface area (Å²) >= 11 is 0. The minimum Gasteiger partial charge on any atom is -0.463 e. The van der Waals surface area contributed by atoms with Crippen molar-refractivity contribution in [2.75, 3.05) is 13.2 Å². The van der Waals surface area contributed by atoms with Crippen LogP contribution in [0.25, 0.3) is 0 Å². The Morgan fingerprint density at radius 2 is 2.00 bits per heavy atom. The van der Waals surface area contributed by atoms with Crippen LogP contribution in [0.2, 0.25) is 0 Å². The van der Waals surface area contributed by atoms with Crippen LogP contribution in [-0.4, -0.2) is 24.3 Å². The molecular formula is C9H16O3. The zero-order valence-corrected chi connectivity index (χ0v) is 7.29. The second-order valence-electron chi connectivity index (χ2n) is 2.51. The number of hydrogen-bond donors (Lipinski definition) is 1. The SMILES string of the molecule is C=CC(=O)OCCCCCCO. The van der Waals surface area contributed by atoms with E-state index in [1.54, 1.807) is 0 Å². The van der Waals surface area contributed by atoms with Crippen molar-refractivity contribution in [2.24, 2.45) is 0 Å². The molecule has 0 bridgehead atoms. The Bertz CT molecular complexity index is 132. The first-order valence-corrected chi connectivity index (χ1v) is 4.21. The van der Waals surface area contributed by atoms with Gasteiger partial charge in [0.2, 0.25) is 0 Å². The smallest absolute Gasteiger partial charge is 0.330 e. The highest BCUT2D eigenvalue weighted by atomic mass is 16.5. The van der Waals surface area contributed by atoms with Crippen LogP contribution in [-0.2, 0) is 9.53 Å². The van der Waals surface area contributed by atoms with E-state index < -0.39 is 0 Å². The van der Waals surface area contributed by atoms with Gasteiger partial charge >= 0.3 is 5.97 Å². The predicted molar refractivity (Wildman–Crippen MR) is 46.7 cm³/mol. The van der Waals surface area contributed by atoms with Crippen molar-refractivity contribution in [3.63, 3.8) is 0 Å². The van der Waals surface area contributed by atoms with Crippen LogP contribution in [0.4, 0.5) is 0 Å². The van der Waals surface area contributed by atoms with Crippen LogP contribution in [0.5, 0.6) is 0 Å². The third kappa shape index (κ3) is 7.28. The topological polar surface area (TPSA) is 46.5 Å². The molecule has 0 aromatic heterocycles. The van der Waals surface area contributed by atoms with E-state index in [-0.39, 0.29) is 12.6 Å². The molecule has 0 aliphatic heterocycles. The summed E-state index contributed by atoms with van der Waals surface area (Å²) in [5, 5.41) is 8.45. The van der Waals surface area contributed by atoms with Gasteiger partial charge in [0.15, 0.2) is 0 Å². The molecule has 0 heterocycles. The van der Waals surface area contributed by atoms with Gasteiger partial charge in [0.1, 0.15) is 0 Å². The number of carbonyl (C=O) groups is 1. The lowest BCUT2D eigenvalue weighted by molar-refractivity contribution is -0.137. The highest BCUT2D eigenvalue weighted by Crippen LogP contribution is 1.99. The van der Waals surface area contributed by atoms with Gasteiger partial charge in [-0.05, 0) is 19.3 Å². The van der Waals surface area contributed by atoms with Crippen LogP contribution >= 0.6 is 0 Å². The zero-order chi connectivity index (χ0) is 9.23. The Morgan fingerprint density at radius 1 is 1.33 bits per heavy atom. The van der Waals surface area contributed by atoms with Gasteiger partial charge in [0, 0.05) is 12.7 Å². The Hall–Kier alpha value is -0.830. The molecule has 0 fully saturated rings. The minimum absolute atomic E-state index is 0.243. The average Bonchev–Trinajstić information content (AvgIpc) is 2.10. The van der Waals surface area contributed by atoms with Crippen LogP contribution in [0, 0.1) is 0 Å². The maximum absolute atomic E-state index is 10.5. The van der Waals surface area contributed by atoms with Gasteiger partial charge < -0.3 is 9.84 Å². The summed E-state index contributed by atoms with van der Waals surface area (Å²) in [4.78, 5) is 10.5. The van der Waals surface area contributed by atoms with Gasteiger partial charge in [-0.1, -0.05) is 13.0 Å². The van der Waals surface area contributed by atoms with Crippen molar-refractivity contribution < 1.29 is 14.6 Å². The maximum atomic E-state index is 10.5. The van der Waals surface area contributed by atoms with Crippen molar-refractivity contribution in [3.8, 4) is 0 Å². The number of aliphatic hydroxyl groups excluding tert-OH is 1. The van der Waals surface area contributed by atoms with Gasteiger partial charge in [-0.25, -0.2) is 4.79 Å². The Balaban J connectivity index is 3.00. The van der Waals surface area contributed by atoms with E-state index in [4.69, 9.17) is 9.84 Å². The first-order chi connectivity index (χ1) is 5.81. The average molecular weight is 172 g/mol. The number of unbranched alkanes of at least 4 members (excludes halogenated alkanes) is 3. The van der Waals surface area contributed by atoms with E-state index in [1.807, 2.05) is 0 Å². The molecule has 0 atom stereocenters. The van der Waals surface area contributed by atoms with E-state index in [1.165, 1.54) is 0 Å². The standard InChI is InChI=1S/C9H16O3/c1-2-9(11)12-8-6-4-3-5-7-10/h2,10H,1,3-8H2. The lowest BCUT2D eigenvalue weighted by atomic mass is 10.2. The maximum Gasteiger partial charge on any atom is 0.330 e. The summed E-state index contributed by atoms with van der Waals surface area (Å²) in [6, 6.07) is 0. The molecule has 0 unspecified atom stereocenters. The van der Waals surface area contributed by atoms with Crippen molar-refractivity contribution in [1.82, 2.24) is 0 Å². The lowest BCUT2D eigenvalue weighted by Gasteiger charge is -2.00. The fraction of sp³-hybridized carbons (Fsp3) is 0.667. The Morgan fingerprint density at radius 3 is 2.58 bits per heavy atom. The zero-order valence-electron chi connectivity index (χ0n) is 7.29. The second-order valence-corrected chi connectivity index (χ2v) is 2.51. The summed E-state index contributed by atoms with van der Waals surface area (Å²) in [5.41, 5.74) is 0. The van der Waals surface area contributed by atoms with Gasteiger partial charge in [0.05, 0.1) is 6.61 Å². The highest BCUT2D eigenvalue weighted by Gasteiger charge is 1.94. The summed E-state index contributed by atoms with van der Waals surface area (Å²) in [7, 11) is 0. The number of ether oxygens (including phenoxy) is 1. The molecule has 3 heteroatoms. The van der Waals surface area contributed by atoms with Gasteiger partial charge in [-0.3, -0.25) is 0 Å². The molecule has 0 aliphatic carbocycles. The number of rotatable bonds is 7. The molecule has 1 N–H and O–H groups in total. The first-order valence-electron chi connectivity index (χ1n) is 4.21. The monoisotopic (exact) mass is 172 g/mol. The molecule has 0 rings (SSSR count). The predicted octanol–water partition coefficient (Wildman–Crippen LogP) is 1.27. The van der Waals surface area contributed by atoms with Crippen LogP contribution in [0.1, 0.15) is 25.7 Å². The van der Waals surface area contributed by atoms with Crippen LogP contribution < -0.4 is 0 Å². The van der Waals surface area contributed by atoms with E-state index in [2.05, 4.69) is 6.58 Å². The molecule has 3 nitrogen and oxygen atoms in total. The van der Waals surface area contributed by atoms with E-state index in [0.717, 1.165) is 31.8 Å². The molecule has 0 aromatic carbocycles. The molecular weight excluding hydrogens is 156 g/mol. The second kappa shape index (κ2) is 8.27. The Kier molecular flexibility index (Phi) is 7.70. The molecule has 0 spiro atoms. The summed E-state index contributed by atoms with van der Waals surface area (Å²) in [6.45, 7) is 3.98. The largest absolute Gasteiger partial charge is 0.463 e. The Labute approximate surface area is 73.0 Å². The first kappa shape index (κ1) is 11.2. The highest BCUT2D eigenvalue weighted by molar-refractivity contribution is 5.81. The number of hydrogen-bond acceptors (Lipinski definition) is 3. The number of esters is 1. The molecule has 0 aliphatic rings. The van der Waals surface area contributed by atoms with Crippen LogP contribution in [0.15, 0.2) is 12.7 Å². The fourth-order valence-electron chi connectivity index (χ4n) is 0.799. The summed E-state index contributed by atoms with van der Waals surface area (Å²) < 4.78 is 4.75. The minimum atomic E-state index is -0.364. The normalized spacial score (nSPS) is 9.42. The summed E-state index contributed by atoms with van der Waals surface area (Å²) in [6.07, 6.45) is 4.83. The molecule has 0 radical (unpaired) electrons. The van der Waals surface area contributed by atoms with Crippen molar-refractivity contribution in [2.45, 2.75) is 25.7 Å². The van der Waals surface area contributed by atoms with Crippen molar-refractivity contribution in [3.05, 3.63) is 12.7 Å². The van der Waals surface area contributed by atoms with E-state index in [0.29, 0.717) is 6.61 Å². The molecule has 0 amide bonds. The van der Waals surface area contributed by atoms with Gasteiger partial charge in [-0.15, -0.1) is 0 Å². The third-order valence-corrected chi connectivity index (χ3v) is 1.46. The molecule has 0 saturated heterocycles. The van der Waals surface area contributed by atoms with E-state index in [9.17, 15) is 4.79 Å². The van der Waals surface area contributed by atoms with Crippen molar-refractivity contribution in [1.29, 1.82) is 0 Å². The number of aliphatic hydroxyl groups is 1. The molecule has 0 aromatic rings. The molecule has 70 valence electrons. The molecule has 0 saturated carbocycles. The lowest BCUT2D eigenvalue weighted by Crippen LogP contribution is -2.01. The molecule has 12 heavy (non-hydrogen) atoms.